The molecule has 19 valence electrons. The maximum Gasteiger partial charge on any atom is 0 e. The quantitative estimate of drug-likeness (QED) is 0.438. The van der Waals surface area contributed by atoms with Gasteiger partial charge in [-0.1, -0.05) is 0 Å². The van der Waals surface area contributed by atoms with Crippen molar-refractivity contribution in [1.29, 1.82) is 0 Å². The van der Waals surface area contributed by atoms with E-state index in [1.54, 1.807) is 0 Å². The topological polar surface area (TPSA) is 0 Å². The zero-order chi connectivity index (χ0) is 2.00. The van der Waals surface area contributed by atoms with E-state index in [4.69, 9.17) is 0 Å². The number of hydrogen-bond donors (Lipinski definition) is 0. The van der Waals surface area contributed by atoms with Crippen molar-refractivity contribution in [1.82, 2.24) is 0 Å². The molecule has 0 aromatic carbocycles. The average Bonchev–Trinajstić information content (AvgIpc) is 1.00. The summed E-state index contributed by atoms with van der Waals surface area (Å²) in [6, 6.07) is 0. The van der Waals surface area contributed by atoms with E-state index < -0.39 is 0 Å². The van der Waals surface area contributed by atoms with Crippen molar-refractivity contribution in [2.45, 2.75) is 0 Å². The molecule has 0 fully saturated rings. The largest absolute Gasteiger partial charge is 0 e. The molecule has 0 saturated heterocycles. The third-order valence-corrected chi connectivity index (χ3v) is 0. The zero-order valence-electron chi connectivity index (χ0n) is 2.40. The van der Waals surface area contributed by atoms with Crippen LogP contribution < -0.4 is 0 Å². The molecule has 0 nitrogen and oxygen atoms in total. The first-order valence-electron chi connectivity index (χ1n) is 0.236. The van der Waals surface area contributed by atoms with Gasteiger partial charge in [0.2, 0.25) is 0 Å². The van der Waals surface area contributed by atoms with Crippen LogP contribution in [0.5, 0.6) is 0 Å². The molecule has 0 aromatic rings. The summed E-state index contributed by atoms with van der Waals surface area (Å²) in [5.74, 6) is 0. The van der Waals surface area contributed by atoms with Gasteiger partial charge >= 0.3 is 31.3 Å². The molecule has 0 heterocycles. The second-order valence-electron chi connectivity index (χ2n) is 0. The Kier molecular flexibility index (Phi) is 79.0. The average molecular weight is 246 g/mol. The molecule has 0 spiro atoms. The number of hydrogen-bond acceptors (Lipinski definition) is 1. The Labute approximate surface area is 60.0 Å². The van der Waals surface area contributed by atoms with Crippen molar-refractivity contribution in [3.8, 4) is 0 Å². The van der Waals surface area contributed by atoms with Gasteiger partial charge in [0.25, 0.3) is 0 Å². The van der Waals surface area contributed by atoms with Crippen LogP contribution in [-0.4, -0.2) is 22.4 Å². The Morgan fingerprint density at radius 1 is 1.25 bits per heavy atom. The maximum absolute atomic E-state index is 4.21. The molecule has 0 aliphatic heterocycles. The van der Waals surface area contributed by atoms with Crippen LogP contribution in [0.25, 0.3) is 0 Å². The molecule has 0 amide bonds. The summed E-state index contributed by atoms with van der Waals surface area (Å²) in [4.78, 5) is 0. The summed E-state index contributed by atoms with van der Waals surface area (Å²) in [5, 5.41) is 0. The first kappa shape index (κ1) is 16.4. The Morgan fingerprint density at radius 2 is 1.25 bits per heavy atom. The molecule has 0 bridgehead atoms. The fraction of sp³-hybridized carbons (Fsp3) is 0. The monoisotopic (exact) mass is 245 g/mol. The van der Waals surface area contributed by atoms with Crippen LogP contribution in [0.4, 0.5) is 0 Å². The fourth-order valence-corrected chi connectivity index (χ4v) is 0. The maximum atomic E-state index is 4.21. The van der Waals surface area contributed by atoms with Gasteiger partial charge in [-0.25, -0.2) is 0 Å². The van der Waals surface area contributed by atoms with Gasteiger partial charge in [-0.3, -0.25) is 0 Å². The first-order chi connectivity index (χ1) is 1.00. The van der Waals surface area contributed by atoms with E-state index in [1.165, 1.54) is 0 Å². The standard InChI is InChI=1S/In.H3P.S.Zn/h;1H3;;. The predicted octanol–water partition coefficient (Wildman–Crippen LogP) is 0.323. The van der Waals surface area contributed by atoms with E-state index >= 15 is 0 Å². The molecule has 4 heteroatoms. The minimum atomic E-state index is 0. The third kappa shape index (κ3) is 8.91. The molecule has 0 aromatic heterocycles. The van der Waals surface area contributed by atoms with Crippen LogP contribution in [0.1, 0.15) is 0 Å². The molecule has 0 N–H and O–H groups in total. The van der Waals surface area contributed by atoms with Gasteiger partial charge in [0.15, 0.2) is 0 Å². The first-order valence-corrected chi connectivity index (χ1v) is 4.74. The second kappa shape index (κ2) is 19.2. The van der Waals surface area contributed by atoms with E-state index in [9.17, 15) is 0 Å². The molecule has 1 radical (unpaired) electrons. The Hall–Kier alpha value is 2.14. The van der Waals surface area contributed by atoms with Crippen LogP contribution in [-0.2, 0) is 19.5 Å². The molecule has 0 aliphatic rings. The van der Waals surface area contributed by atoms with Crippen LogP contribution in [0, 0.1) is 0 Å². The molecule has 1 atom stereocenters. The Morgan fingerprint density at radius 3 is 1.25 bits per heavy atom. The second-order valence-corrected chi connectivity index (χ2v) is 0. The van der Waals surface area contributed by atoms with E-state index in [2.05, 4.69) is 8.92 Å². The predicted molar refractivity (Wildman–Crippen MR) is 24.4 cm³/mol. The Bertz CT molecular complexity index is 8.00. The minimum Gasteiger partial charge on any atom is 0 e. The van der Waals surface area contributed by atoms with Crippen molar-refractivity contribution in [3.63, 3.8) is 0 Å². The van der Waals surface area contributed by atoms with E-state index in [0.29, 0.717) is 0 Å². The molecule has 4 heavy (non-hydrogen) atoms. The van der Waals surface area contributed by atoms with Gasteiger partial charge in [-0.15, -0.1) is 0 Å². The van der Waals surface area contributed by atoms with E-state index in [0.717, 1.165) is 22.4 Å². The smallest absolute Gasteiger partial charge is 0 e. The van der Waals surface area contributed by atoms with Crippen LogP contribution in [0.15, 0.2) is 0 Å². The minimum absolute atomic E-state index is 0. The van der Waals surface area contributed by atoms with E-state index in [1.807, 2.05) is 0 Å². The van der Waals surface area contributed by atoms with Crippen molar-refractivity contribution in [2.75, 3.05) is 0 Å². The van der Waals surface area contributed by atoms with E-state index in [-0.39, 0.29) is 29.4 Å². The van der Waals surface area contributed by atoms with Crippen molar-refractivity contribution >= 4 is 41.2 Å². The van der Waals surface area contributed by atoms with Crippen molar-refractivity contribution < 1.29 is 19.5 Å². The summed E-state index contributed by atoms with van der Waals surface area (Å²) in [6.45, 7) is 0. The van der Waals surface area contributed by atoms with Gasteiger partial charge in [-0.2, -0.15) is 9.90 Å². The SMILES string of the molecule is P.[S]=[In].[Zn]. The molecular formula is H3InPSZn. The third-order valence-electron chi connectivity index (χ3n) is 0. The molecule has 0 aliphatic carbocycles. The fourth-order valence-electron chi connectivity index (χ4n) is 0. The van der Waals surface area contributed by atoms with Gasteiger partial charge in [0.05, 0.1) is 0 Å². The molecular weight excluding hydrogens is 243 g/mol. The van der Waals surface area contributed by atoms with Crippen LogP contribution in [0.3, 0.4) is 0 Å². The van der Waals surface area contributed by atoms with Crippen LogP contribution in [0.2, 0.25) is 0 Å². The number of rotatable bonds is 0. The van der Waals surface area contributed by atoms with Crippen molar-refractivity contribution in [2.24, 2.45) is 0 Å². The normalized spacial score (nSPS) is 0.750. The van der Waals surface area contributed by atoms with Crippen LogP contribution >= 0.6 is 18.8 Å². The summed E-state index contributed by atoms with van der Waals surface area (Å²) in [6.07, 6.45) is 0. The summed E-state index contributed by atoms with van der Waals surface area (Å²) in [7, 11) is 4.21. The summed E-state index contributed by atoms with van der Waals surface area (Å²) in [5.41, 5.74) is 0. The van der Waals surface area contributed by atoms with Gasteiger partial charge in [0.1, 0.15) is 0 Å². The summed E-state index contributed by atoms with van der Waals surface area (Å²) >= 11 is 0.933. The Balaban J connectivity index is -0.00000000500. The molecule has 1 unspecified atom stereocenters. The van der Waals surface area contributed by atoms with Gasteiger partial charge in [-0.05, 0) is 0 Å². The molecule has 0 rings (SSSR count). The summed E-state index contributed by atoms with van der Waals surface area (Å²) < 4.78 is 0. The van der Waals surface area contributed by atoms with Crippen molar-refractivity contribution in [3.05, 3.63) is 0 Å². The molecule has 0 saturated carbocycles. The van der Waals surface area contributed by atoms with Gasteiger partial charge < -0.3 is 0 Å². The van der Waals surface area contributed by atoms with Gasteiger partial charge in [0, 0.05) is 19.5 Å². The zero-order valence-corrected chi connectivity index (χ0v) is 10.9.